The first-order valence-electron chi connectivity index (χ1n) is 9.34. The number of pyridine rings is 1. The van der Waals surface area contributed by atoms with Gasteiger partial charge in [0, 0.05) is 30.5 Å². The lowest BCUT2D eigenvalue weighted by atomic mass is 10.0. The van der Waals surface area contributed by atoms with Gasteiger partial charge in [0.1, 0.15) is 0 Å². The fourth-order valence-corrected chi connectivity index (χ4v) is 3.45. The Morgan fingerprint density at radius 2 is 1.96 bits per heavy atom. The van der Waals surface area contributed by atoms with Gasteiger partial charge in [0.05, 0.1) is 5.69 Å². The molecule has 0 atom stereocenters. The highest BCUT2D eigenvalue weighted by Gasteiger charge is 2.29. The van der Waals surface area contributed by atoms with Crippen LogP contribution in [0, 0.1) is 6.92 Å². The summed E-state index contributed by atoms with van der Waals surface area (Å²) in [6.07, 6.45) is 5.43. The van der Waals surface area contributed by atoms with E-state index in [1.54, 1.807) is 17.1 Å². The second-order valence-electron chi connectivity index (χ2n) is 7.21. The molecule has 138 valence electrons. The predicted octanol–water partition coefficient (Wildman–Crippen LogP) is 3.69. The maximum Gasteiger partial charge on any atom is 0.296 e. The number of aryl methyl sites for hydroxylation is 2. The summed E-state index contributed by atoms with van der Waals surface area (Å²) in [4.78, 5) is 24.1. The second kappa shape index (κ2) is 6.95. The van der Waals surface area contributed by atoms with Crippen LogP contribution in [0.2, 0.25) is 0 Å². The molecule has 0 radical (unpaired) electrons. The molecule has 0 saturated heterocycles. The third-order valence-corrected chi connectivity index (χ3v) is 4.91. The molecule has 0 N–H and O–H groups in total. The molecule has 0 saturated carbocycles. The van der Waals surface area contributed by atoms with Crippen LogP contribution in [0.15, 0.2) is 42.7 Å². The molecule has 3 heterocycles. The number of fused-ring (bicyclic) bond motifs is 1. The number of hydrogen-bond donors (Lipinski definition) is 0. The number of hydrogen-bond acceptors (Lipinski definition) is 4. The average Bonchev–Trinajstić information content (AvgIpc) is 3.13. The Balaban J connectivity index is 1.82. The molecular weight excluding hydrogens is 338 g/mol. The molecular formula is C21H23N5O. The molecule has 2 aromatic heterocycles. The van der Waals surface area contributed by atoms with E-state index in [1.807, 2.05) is 49.9 Å². The molecule has 0 aliphatic carbocycles. The molecule has 0 fully saturated rings. The Labute approximate surface area is 158 Å². The van der Waals surface area contributed by atoms with Gasteiger partial charge in [0.25, 0.3) is 5.91 Å². The standard InChI is InChI=1S/C21H23N5O/c1-14(2)19-23-20(26(24-19)17-10-11-22-13-15(17)3)21(27)25-12-6-8-16-7-4-5-9-18(16)25/h4-5,7,9-11,13-14H,6,8,12H2,1-3H3. The van der Waals surface area contributed by atoms with Gasteiger partial charge in [-0.1, -0.05) is 32.0 Å². The zero-order valence-electron chi connectivity index (χ0n) is 15.9. The smallest absolute Gasteiger partial charge is 0.296 e. The van der Waals surface area contributed by atoms with E-state index in [2.05, 4.69) is 21.1 Å². The fourth-order valence-electron chi connectivity index (χ4n) is 3.45. The van der Waals surface area contributed by atoms with Crippen LogP contribution in [0.4, 0.5) is 5.69 Å². The number of aromatic nitrogens is 4. The highest BCUT2D eigenvalue weighted by Crippen LogP contribution is 2.28. The highest BCUT2D eigenvalue weighted by atomic mass is 16.2. The number of anilines is 1. The Hall–Kier alpha value is -3.02. The number of benzene rings is 1. The number of rotatable bonds is 3. The maximum absolute atomic E-state index is 13.5. The van der Waals surface area contributed by atoms with Gasteiger partial charge in [-0.25, -0.2) is 9.67 Å². The molecule has 6 nitrogen and oxygen atoms in total. The van der Waals surface area contributed by atoms with Crippen LogP contribution in [0.5, 0.6) is 0 Å². The van der Waals surface area contributed by atoms with Crippen molar-refractivity contribution in [2.75, 3.05) is 11.4 Å². The van der Waals surface area contributed by atoms with Gasteiger partial charge < -0.3 is 4.90 Å². The fraction of sp³-hybridized carbons (Fsp3) is 0.333. The summed E-state index contributed by atoms with van der Waals surface area (Å²) in [6.45, 7) is 6.71. The summed E-state index contributed by atoms with van der Waals surface area (Å²) >= 11 is 0. The molecule has 1 aliphatic rings. The number of carbonyl (C=O) groups excluding carboxylic acids is 1. The lowest BCUT2D eigenvalue weighted by Crippen LogP contribution is -2.37. The van der Waals surface area contributed by atoms with Crippen molar-refractivity contribution >= 4 is 11.6 Å². The summed E-state index contributed by atoms with van der Waals surface area (Å²) in [5, 5.41) is 4.64. The maximum atomic E-state index is 13.5. The van der Waals surface area contributed by atoms with Gasteiger partial charge >= 0.3 is 0 Å². The van der Waals surface area contributed by atoms with Crippen LogP contribution in [-0.2, 0) is 6.42 Å². The first-order chi connectivity index (χ1) is 13.1. The molecule has 4 rings (SSSR count). The van der Waals surface area contributed by atoms with E-state index < -0.39 is 0 Å². The zero-order valence-corrected chi connectivity index (χ0v) is 15.9. The first kappa shape index (κ1) is 17.4. The number of para-hydroxylation sites is 1. The van der Waals surface area contributed by atoms with E-state index in [4.69, 9.17) is 0 Å². The Morgan fingerprint density at radius 3 is 2.74 bits per heavy atom. The summed E-state index contributed by atoms with van der Waals surface area (Å²) in [6, 6.07) is 9.96. The van der Waals surface area contributed by atoms with Crippen molar-refractivity contribution in [2.24, 2.45) is 0 Å². The van der Waals surface area contributed by atoms with Gasteiger partial charge in [0.15, 0.2) is 5.82 Å². The van der Waals surface area contributed by atoms with Crippen LogP contribution >= 0.6 is 0 Å². The second-order valence-corrected chi connectivity index (χ2v) is 7.21. The van der Waals surface area contributed by atoms with Crippen molar-refractivity contribution in [3.63, 3.8) is 0 Å². The summed E-state index contributed by atoms with van der Waals surface area (Å²) in [5.74, 6) is 1.04. The van der Waals surface area contributed by atoms with Crippen molar-refractivity contribution in [3.05, 3.63) is 65.5 Å². The van der Waals surface area contributed by atoms with Crippen molar-refractivity contribution < 1.29 is 4.79 Å². The van der Waals surface area contributed by atoms with Gasteiger partial charge in [-0.2, -0.15) is 5.10 Å². The number of nitrogens with zero attached hydrogens (tertiary/aromatic N) is 5. The molecule has 6 heteroatoms. The van der Waals surface area contributed by atoms with E-state index >= 15 is 0 Å². The quantitative estimate of drug-likeness (QED) is 0.714. The van der Waals surface area contributed by atoms with Crippen LogP contribution in [0.25, 0.3) is 5.69 Å². The minimum atomic E-state index is -0.113. The molecule has 27 heavy (non-hydrogen) atoms. The summed E-state index contributed by atoms with van der Waals surface area (Å²) < 4.78 is 1.67. The highest BCUT2D eigenvalue weighted by molar-refractivity contribution is 6.04. The van der Waals surface area contributed by atoms with Crippen LogP contribution in [0.1, 0.15) is 53.8 Å². The number of carbonyl (C=O) groups is 1. The minimum Gasteiger partial charge on any atom is -0.305 e. The molecule has 0 unspecified atom stereocenters. The molecule has 3 aromatic rings. The largest absolute Gasteiger partial charge is 0.305 e. The zero-order chi connectivity index (χ0) is 19.0. The van der Waals surface area contributed by atoms with E-state index in [0.29, 0.717) is 18.2 Å². The van der Waals surface area contributed by atoms with Gasteiger partial charge in [0.2, 0.25) is 5.82 Å². The van der Waals surface area contributed by atoms with Crippen LogP contribution in [0.3, 0.4) is 0 Å². The van der Waals surface area contributed by atoms with Gasteiger partial charge in [-0.15, -0.1) is 0 Å². The van der Waals surface area contributed by atoms with Crippen molar-refractivity contribution in [3.8, 4) is 5.69 Å². The number of amides is 1. The van der Waals surface area contributed by atoms with Crippen LogP contribution in [-0.4, -0.2) is 32.2 Å². The van der Waals surface area contributed by atoms with E-state index in [9.17, 15) is 4.79 Å². The van der Waals surface area contributed by atoms with Gasteiger partial charge in [-0.05, 0) is 43.0 Å². The molecule has 1 aromatic carbocycles. The normalized spacial score (nSPS) is 13.7. The monoisotopic (exact) mass is 361 g/mol. The van der Waals surface area contributed by atoms with E-state index in [1.165, 1.54) is 5.56 Å². The lowest BCUT2D eigenvalue weighted by Gasteiger charge is -2.29. The Morgan fingerprint density at radius 1 is 1.15 bits per heavy atom. The first-order valence-corrected chi connectivity index (χ1v) is 9.34. The molecule has 1 amide bonds. The minimum absolute atomic E-state index is 0.113. The SMILES string of the molecule is Cc1cnccc1-n1nc(C(C)C)nc1C(=O)N1CCCc2ccccc21. The van der Waals surface area contributed by atoms with Crippen molar-refractivity contribution in [2.45, 2.75) is 39.5 Å². The van der Waals surface area contributed by atoms with Crippen molar-refractivity contribution in [1.29, 1.82) is 0 Å². The van der Waals surface area contributed by atoms with Crippen molar-refractivity contribution in [1.82, 2.24) is 19.7 Å². The predicted molar refractivity (Wildman–Crippen MR) is 104 cm³/mol. The molecule has 0 bridgehead atoms. The topological polar surface area (TPSA) is 63.9 Å². The van der Waals surface area contributed by atoms with Crippen LogP contribution < -0.4 is 4.90 Å². The summed E-state index contributed by atoms with van der Waals surface area (Å²) in [5.41, 5.74) is 3.96. The van der Waals surface area contributed by atoms with E-state index in [-0.39, 0.29) is 11.8 Å². The van der Waals surface area contributed by atoms with Gasteiger partial charge in [-0.3, -0.25) is 9.78 Å². The molecule has 1 aliphatic heterocycles. The Bertz CT molecular complexity index is 992. The third kappa shape index (κ3) is 3.12. The third-order valence-electron chi connectivity index (χ3n) is 4.91. The lowest BCUT2D eigenvalue weighted by molar-refractivity contribution is 0.0972. The summed E-state index contributed by atoms with van der Waals surface area (Å²) in [7, 11) is 0. The Kier molecular flexibility index (Phi) is 4.48. The average molecular weight is 361 g/mol. The molecule has 0 spiro atoms. The van der Waals surface area contributed by atoms with E-state index in [0.717, 1.165) is 29.8 Å².